The van der Waals surface area contributed by atoms with Crippen LogP contribution in [-0.2, 0) is 10.8 Å². The molecule has 0 amide bonds. The highest BCUT2D eigenvalue weighted by Crippen LogP contribution is 2.26. The minimum absolute atomic E-state index is 0.231. The summed E-state index contributed by atoms with van der Waals surface area (Å²) in [5.74, 6) is 0. The third-order valence-electron chi connectivity index (χ3n) is 2.94. The van der Waals surface area contributed by atoms with Crippen molar-refractivity contribution in [1.82, 2.24) is 4.98 Å². The van der Waals surface area contributed by atoms with Crippen molar-refractivity contribution in [3.05, 3.63) is 23.8 Å². The normalized spacial score (nSPS) is 14.6. The smallest absolute Gasteiger partial charge is 0.183 e. The maximum atomic E-state index is 11.2. The van der Waals surface area contributed by atoms with E-state index in [0.29, 0.717) is 0 Å². The highest BCUT2D eigenvalue weighted by molar-refractivity contribution is 7.84. The number of nitrogens with one attached hydrogen (secondary N) is 1. The summed E-state index contributed by atoms with van der Waals surface area (Å²) in [6.07, 6.45) is 2.66. The van der Waals surface area contributed by atoms with Crippen LogP contribution in [-0.4, -0.2) is 27.2 Å². The van der Waals surface area contributed by atoms with Gasteiger partial charge in [-0.2, -0.15) is 0 Å². The quantitative estimate of drug-likeness (QED) is 0.916. The number of hydrogen-bond acceptors (Lipinski definition) is 4. The van der Waals surface area contributed by atoms with Crippen molar-refractivity contribution in [2.75, 3.05) is 18.1 Å². The van der Waals surface area contributed by atoms with Crippen molar-refractivity contribution in [2.45, 2.75) is 25.5 Å². The van der Waals surface area contributed by atoms with E-state index in [1.54, 1.807) is 17.6 Å². The third-order valence-corrected chi connectivity index (χ3v) is 5.28. The minimum Gasteiger partial charge on any atom is -0.361 e. The van der Waals surface area contributed by atoms with Gasteiger partial charge in [-0.15, -0.1) is 0 Å². The Morgan fingerprint density at radius 1 is 1.50 bits per heavy atom. The van der Waals surface area contributed by atoms with E-state index < -0.39 is 10.8 Å². The molecule has 18 heavy (non-hydrogen) atoms. The molecular weight excluding hydrogens is 264 g/mol. The van der Waals surface area contributed by atoms with E-state index in [-0.39, 0.29) is 5.25 Å². The molecule has 1 aromatic carbocycles. The standard InChI is InChI=1S/C13H18N2OS2/c1-9-4-5-11-12(8-9)17-13(15-11)14-7-6-10(2)18(3)16/h4-5,8,10H,6-7H2,1-3H3,(H,14,15). The molecule has 0 aliphatic heterocycles. The highest BCUT2D eigenvalue weighted by atomic mass is 32.2. The van der Waals surface area contributed by atoms with Crippen LogP contribution in [0.25, 0.3) is 10.2 Å². The molecule has 0 radical (unpaired) electrons. The van der Waals surface area contributed by atoms with Gasteiger partial charge in [0.25, 0.3) is 0 Å². The maximum absolute atomic E-state index is 11.2. The van der Waals surface area contributed by atoms with E-state index in [1.165, 1.54) is 10.3 Å². The monoisotopic (exact) mass is 282 g/mol. The second-order valence-electron chi connectivity index (χ2n) is 4.51. The van der Waals surface area contributed by atoms with Crippen LogP contribution in [0, 0.1) is 6.92 Å². The second-order valence-corrected chi connectivity index (χ2v) is 7.35. The molecule has 0 aliphatic carbocycles. The molecule has 0 spiro atoms. The SMILES string of the molecule is Cc1ccc2nc(NCCC(C)S(C)=O)sc2c1. The van der Waals surface area contributed by atoms with Crippen LogP contribution in [0.1, 0.15) is 18.9 Å². The molecule has 1 N–H and O–H groups in total. The fourth-order valence-electron chi connectivity index (χ4n) is 1.66. The molecule has 0 saturated heterocycles. The topological polar surface area (TPSA) is 42.0 Å². The van der Waals surface area contributed by atoms with Gasteiger partial charge in [-0.25, -0.2) is 4.98 Å². The molecule has 2 unspecified atom stereocenters. The summed E-state index contributed by atoms with van der Waals surface area (Å²) in [5, 5.41) is 4.49. The lowest BCUT2D eigenvalue weighted by atomic mass is 10.2. The fourth-order valence-corrected chi connectivity index (χ4v) is 3.10. The van der Waals surface area contributed by atoms with Crippen LogP contribution in [0.3, 0.4) is 0 Å². The Morgan fingerprint density at radius 2 is 2.28 bits per heavy atom. The first kappa shape index (κ1) is 13.5. The number of nitrogens with zero attached hydrogens (tertiary/aromatic N) is 1. The number of aryl methyl sites for hydroxylation is 1. The summed E-state index contributed by atoms with van der Waals surface area (Å²) in [4.78, 5) is 4.53. The van der Waals surface area contributed by atoms with Crippen molar-refractivity contribution in [1.29, 1.82) is 0 Å². The molecule has 2 aromatic rings. The number of anilines is 1. The highest BCUT2D eigenvalue weighted by Gasteiger charge is 2.07. The fraction of sp³-hybridized carbons (Fsp3) is 0.462. The van der Waals surface area contributed by atoms with Gasteiger partial charge in [-0.05, 0) is 31.0 Å². The van der Waals surface area contributed by atoms with Crippen molar-refractivity contribution in [3.63, 3.8) is 0 Å². The average Bonchev–Trinajstić information content (AvgIpc) is 2.70. The van der Waals surface area contributed by atoms with Crippen LogP contribution in [0.5, 0.6) is 0 Å². The first-order valence-electron chi connectivity index (χ1n) is 5.99. The number of aromatic nitrogens is 1. The summed E-state index contributed by atoms with van der Waals surface area (Å²) in [7, 11) is -0.743. The van der Waals surface area contributed by atoms with E-state index in [2.05, 4.69) is 35.4 Å². The molecule has 0 bridgehead atoms. The van der Waals surface area contributed by atoms with Crippen LogP contribution >= 0.6 is 11.3 Å². The molecule has 0 saturated carbocycles. The number of benzene rings is 1. The number of fused-ring (bicyclic) bond motifs is 1. The molecule has 5 heteroatoms. The molecule has 1 heterocycles. The van der Waals surface area contributed by atoms with E-state index in [1.807, 2.05) is 6.92 Å². The zero-order valence-corrected chi connectivity index (χ0v) is 12.5. The van der Waals surface area contributed by atoms with Crippen LogP contribution in [0.15, 0.2) is 18.2 Å². The lowest BCUT2D eigenvalue weighted by Gasteiger charge is -2.07. The zero-order valence-electron chi connectivity index (χ0n) is 10.9. The molecule has 98 valence electrons. The number of rotatable bonds is 5. The Bertz CT molecular complexity index is 565. The largest absolute Gasteiger partial charge is 0.361 e. The zero-order chi connectivity index (χ0) is 13.1. The van der Waals surface area contributed by atoms with Gasteiger partial charge >= 0.3 is 0 Å². The first-order valence-corrected chi connectivity index (χ1v) is 8.43. The lowest BCUT2D eigenvalue weighted by molar-refractivity contribution is 0.672. The van der Waals surface area contributed by atoms with Crippen molar-refractivity contribution >= 4 is 37.5 Å². The second kappa shape index (κ2) is 5.80. The van der Waals surface area contributed by atoms with Gasteiger partial charge in [-0.1, -0.05) is 24.3 Å². The number of hydrogen-bond donors (Lipinski definition) is 1. The van der Waals surface area contributed by atoms with Crippen LogP contribution < -0.4 is 5.32 Å². The molecule has 1 aromatic heterocycles. The molecule has 0 fully saturated rings. The lowest BCUT2D eigenvalue weighted by Crippen LogP contribution is -2.14. The number of thiazole rings is 1. The molecule has 0 aliphatic rings. The molecule has 2 rings (SSSR count). The van der Waals surface area contributed by atoms with E-state index in [4.69, 9.17) is 0 Å². The predicted octanol–water partition coefficient (Wildman–Crippen LogP) is 3.17. The average molecular weight is 282 g/mol. The van der Waals surface area contributed by atoms with E-state index >= 15 is 0 Å². The maximum Gasteiger partial charge on any atom is 0.183 e. The van der Waals surface area contributed by atoms with Crippen LogP contribution in [0.2, 0.25) is 0 Å². The van der Waals surface area contributed by atoms with Crippen LogP contribution in [0.4, 0.5) is 5.13 Å². The molecule has 3 nitrogen and oxygen atoms in total. The summed E-state index contributed by atoms with van der Waals surface area (Å²) in [5.41, 5.74) is 2.30. The van der Waals surface area contributed by atoms with Crippen molar-refractivity contribution in [3.8, 4) is 0 Å². The Morgan fingerprint density at radius 3 is 3.00 bits per heavy atom. The van der Waals surface area contributed by atoms with Gasteiger partial charge in [0, 0.05) is 28.9 Å². The van der Waals surface area contributed by atoms with E-state index in [9.17, 15) is 4.21 Å². The van der Waals surface area contributed by atoms with E-state index in [0.717, 1.165) is 23.6 Å². The summed E-state index contributed by atoms with van der Waals surface area (Å²) < 4.78 is 12.4. The first-order chi connectivity index (χ1) is 8.56. The molecule has 2 atom stereocenters. The minimum atomic E-state index is -0.743. The predicted molar refractivity (Wildman–Crippen MR) is 81.0 cm³/mol. The Labute approximate surface area is 114 Å². The Hall–Kier alpha value is -0.940. The van der Waals surface area contributed by atoms with Gasteiger partial charge in [0.05, 0.1) is 10.2 Å². The van der Waals surface area contributed by atoms with Crippen molar-refractivity contribution < 1.29 is 4.21 Å². The van der Waals surface area contributed by atoms with Crippen molar-refractivity contribution in [2.24, 2.45) is 0 Å². The van der Waals surface area contributed by atoms with Gasteiger partial charge in [0.2, 0.25) is 0 Å². The summed E-state index contributed by atoms with van der Waals surface area (Å²) in [6.45, 7) is 4.92. The third kappa shape index (κ3) is 3.29. The summed E-state index contributed by atoms with van der Waals surface area (Å²) >= 11 is 1.67. The summed E-state index contributed by atoms with van der Waals surface area (Å²) in [6, 6.07) is 6.28. The Kier molecular flexibility index (Phi) is 4.35. The van der Waals surface area contributed by atoms with Gasteiger partial charge in [0.15, 0.2) is 5.13 Å². The Balaban J connectivity index is 1.98. The van der Waals surface area contributed by atoms with Gasteiger partial charge in [0.1, 0.15) is 0 Å². The van der Waals surface area contributed by atoms with Gasteiger partial charge in [-0.3, -0.25) is 4.21 Å². The van der Waals surface area contributed by atoms with Gasteiger partial charge < -0.3 is 5.32 Å². The molecular formula is C13H18N2OS2.